The topological polar surface area (TPSA) is 82.4 Å². The van der Waals surface area contributed by atoms with Crippen molar-refractivity contribution in [2.45, 2.75) is 39.7 Å². The number of nitrogens with one attached hydrogen (secondary N) is 1. The molecule has 0 radical (unpaired) electrons. The Balaban J connectivity index is 1.89. The monoisotopic (exact) mass is 407 g/mol. The minimum absolute atomic E-state index is 0.0502. The molecule has 2 aromatic rings. The van der Waals surface area contributed by atoms with Crippen LogP contribution in [-0.2, 0) is 11.2 Å². The fraction of sp³-hybridized carbons (Fsp3) is 0.450. The van der Waals surface area contributed by atoms with E-state index in [1.807, 2.05) is 20.8 Å². The summed E-state index contributed by atoms with van der Waals surface area (Å²) in [4.78, 5) is 23.8. The Labute approximate surface area is 169 Å². The van der Waals surface area contributed by atoms with E-state index in [9.17, 15) is 9.59 Å². The van der Waals surface area contributed by atoms with Crippen molar-refractivity contribution < 1.29 is 14.3 Å². The van der Waals surface area contributed by atoms with E-state index in [1.54, 1.807) is 24.4 Å². The van der Waals surface area contributed by atoms with Gasteiger partial charge in [-0.25, -0.2) is 9.48 Å². The Morgan fingerprint density at radius 1 is 1.36 bits per heavy atom. The summed E-state index contributed by atoms with van der Waals surface area (Å²) in [5, 5.41) is 7.38. The molecule has 0 amide bonds. The first-order valence-corrected chi connectivity index (χ1v) is 9.62. The zero-order valence-electron chi connectivity index (χ0n) is 16.6. The number of esters is 1. The minimum Gasteiger partial charge on any atom is -0.493 e. The fourth-order valence-corrected chi connectivity index (χ4v) is 2.86. The van der Waals surface area contributed by atoms with Gasteiger partial charge in [0.1, 0.15) is 10.8 Å². The molecule has 0 atom stereocenters. The molecule has 0 aliphatic carbocycles. The quantitative estimate of drug-likeness (QED) is 0.504. The van der Waals surface area contributed by atoms with Gasteiger partial charge in [-0.1, -0.05) is 18.5 Å². The highest BCUT2D eigenvalue weighted by atomic mass is 35.5. The third-order valence-corrected chi connectivity index (χ3v) is 4.55. The van der Waals surface area contributed by atoms with E-state index in [2.05, 4.69) is 10.4 Å². The smallest absolute Gasteiger partial charge is 0.337 e. The van der Waals surface area contributed by atoms with E-state index in [1.165, 1.54) is 11.8 Å². The van der Waals surface area contributed by atoms with Gasteiger partial charge in [-0.3, -0.25) is 4.79 Å². The lowest BCUT2D eigenvalue weighted by molar-refractivity contribution is 0.0600. The van der Waals surface area contributed by atoms with Gasteiger partial charge in [0.15, 0.2) is 0 Å². The number of halogens is 1. The molecule has 28 heavy (non-hydrogen) atoms. The first kappa shape index (κ1) is 21.8. The van der Waals surface area contributed by atoms with Crippen LogP contribution in [0.2, 0.25) is 5.02 Å². The molecule has 0 bridgehead atoms. The summed E-state index contributed by atoms with van der Waals surface area (Å²) in [6, 6.07) is 5.21. The maximum Gasteiger partial charge on any atom is 0.337 e. The minimum atomic E-state index is -0.365. The van der Waals surface area contributed by atoms with E-state index in [0.717, 1.165) is 17.7 Å². The lowest BCUT2D eigenvalue weighted by Gasteiger charge is -2.13. The predicted octanol–water partition coefficient (Wildman–Crippen LogP) is 3.71. The largest absolute Gasteiger partial charge is 0.493 e. The zero-order chi connectivity index (χ0) is 20.7. The molecular formula is C20H26ClN3O4. The number of hydrogen-bond donors (Lipinski definition) is 1. The summed E-state index contributed by atoms with van der Waals surface area (Å²) in [6.07, 6.45) is 3.00. The van der Waals surface area contributed by atoms with Gasteiger partial charge >= 0.3 is 5.97 Å². The molecule has 0 spiro atoms. The number of aromatic nitrogens is 2. The molecule has 0 aliphatic rings. The van der Waals surface area contributed by atoms with Crippen LogP contribution >= 0.6 is 11.6 Å². The van der Waals surface area contributed by atoms with Gasteiger partial charge in [-0.2, -0.15) is 5.10 Å². The standard InChI is InChI=1S/C20H26ClN3O4/c1-5-14-11-15(20(26)27-4)7-8-17(14)28-10-6-9-22-16-12-23-24(13(2)3)19(25)18(16)21/h7-8,11-13,22H,5-6,9-10H2,1-4H3. The van der Waals surface area contributed by atoms with E-state index in [4.69, 9.17) is 21.1 Å². The third-order valence-electron chi connectivity index (χ3n) is 4.19. The van der Waals surface area contributed by atoms with Crippen LogP contribution in [0.1, 0.15) is 49.2 Å². The summed E-state index contributed by atoms with van der Waals surface area (Å²) in [5.41, 5.74) is 1.66. The molecule has 0 saturated carbocycles. The number of rotatable bonds is 9. The molecule has 152 valence electrons. The lowest BCUT2D eigenvalue weighted by Crippen LogP contribution is -2.26. The van der Waals surface area contributed by atoms with Gasteiger partial charge in [0, 0.05) is 6.54 Å². The van der Waals surface area contributed by atoms with Crippen LogP contribution in [0.5, 0.6) is 5.75 Å². The lowest BCUT2D eigenvalue weighted by atomic mass is 10.1. The SMILES string of the molecule is CCc1cc(C(=O)OC)ccc1OCCCNc1cnn(C(C)C)c(=O)c1Cl. The van der Waals surface area contributed by atoms with Crippen molar-refractivity contribution in [3.63, 3.8) is 0 Å². The van der Waals surface area contributed by atoms with E-state index < -0.39 is 0 Å². The Bertz CT molecular complexity index is 880. The molecular weight excluding hydrogens is 382 g/mol. The Morgan fingerprint density at radius 3 is 2.75 bits per heavy atom. The number of carbonyl (C=O) groups is 1. The number of ether oxygens (including phenoxy) is 2. The van der Waals surface area contributed by atoms with Crippen molar-refractivity contribution >= 4 is 23.3 Å². The van der Waals surface area contributed by atoms with Crippen molar-refractivity contribution in [3.05, 3.63) is 50.9 Å². The van der Waals surface area contributed by atoms with E-state index in [-0.39, 0.29) is 22.6 Å². The summed E-state index contributed by atoms with van der Waals surface area (Å²) < 4.78 is 11.9. The van der Waals surface area contributed by atoms with Gasteiger partial charge in [0.2, 0.25) is 0 Å². The second-order valence-corrected chi connectivity index (χ2v) is 6.89. The van der Waals surface area contributed by atoms with Crippen LogP contribution in [0, 0.1) is 0 Å². The number of anilines is 1. The van der Waals surface area contributed by atoms with E-state index in [0.29, 0.717) is 30.8 Å². The molecule has 0 unspecified atom stereocenters. The Hall–Kier alpha value is -2.54. The van der Waals surface area contributed by atoms with Crippen LogP contribution in [-0.4, -0.2) is 36.0 Å². The van der Waals surface area contributed by atoms with Crippen LogP contribution < -0.4 is 15.6 Å². The van der Waals surface area contributed by atoms with Crippen molar-refractivity contribution in [2.75, 3.05) is 25.6 Å². The van der Waals surface area contributed by atoms with Gasteiger partial charge in [0.25, 0.3) is 5.56 Å². The average molecular weight is 408 g/mol. The summed E-state index contributed by atoms with van der Waals surface area (Å²) in [5.74, 6) is 0.379. The number of nitrogens with zero attached hydrogens (tertiary/aromatic N) is 2. The van der Waals surface area contributed by atoms with Gasteiger partial charge < -0.3 is 14.8 Å². The maximum absolute atomic E-state index is 12.1. The molecule has 0 fully saturated rings. The Kier molecular flexibility index (Phi) is 7.87. The number of benzene rings is 1. The highest BCUT2D eigenvalue weighted by Crippen LogP contribution is 2.22. The first-order valence-electron chi connectivity index (χ1n) is 9.24. The van der Waals surface area contributed by atoms with Crippen molar-refractivity contribution in [1.29, 1.82) is 0 Å². The fourth-order valence-electron chi connectivity index (χ4n) is 2.65. The van der Waals surface area contributed by atoms with Gasteiger partial charge in [-0.15, -0.1) is 0 Å². The van der Waals surface area contributed by atoms with Gasteiger partial charge in [0.05, 0.1) is 37.2 Å². The highest BCUT2D eigenvalue weighted by Gasteiger charge is 2.12. The van der Waals surface area contributed by atoms with E-state index >= 15 is 0 Å². The van der Waals surface area contributed by atoms with Crippen molar-refractivity contribution in [1.82, 2.24) is 9.78 Å². The maximum atomic E-state index is 12.1. The molecule has 1 aromatic carbocycles. The summed E-state index contributed by atoms with van der Waals surface area (Å²) >= 11 is 6.14. The summed E-state index contributed by atoms with van der Waals surface area (Å²) in [6.45, 7) is 6.80. The van der Waals surface area contributed by atoms with Crippen molar-refractivity contribution in [2.24, 2.45) is 0 Å². The number of carbonyl (C=O) groups excluding carboxylic acids is 1. The second-order valence-electron chi connectivity index (χ2n) is 6.51. The average Bonchev–Trinajstić information content (AvgIpc) is 2.69. The van der Waals surface area contributed by atoms with Crippen LogP contribution in [0.15, 0.2) is 29.2 Å². The number of aryl methyl sites for hydroxylation is 1. The highest BCUT2D eigenvalue weighted by molar-refractivity contribution is 6.32. The number of hydrogen-bond acceptors (Lipinski definition) is 6. The molecule has 7 nitrogen and oxygen atoms in total. The molecule has 1 N–H and O–H groups in total. The molecule has 0 saturated heterocycles. The third kappa shape index (κ3) is 5.25. The molecule has 2 rings (SSSR count). The molecule has 8 heteroatoms. The van der Waals surface area contributed by atoms with Crippen molar-refractivity contribution in [3.8, 4) is 5.75 Å². The second kappa shape index (κ2) is 10.1. The van der Waals surface area contributed by atoms with Gasteiger partial charge in [-0.05, 0) is 50.5 Å². The Morgan fingerprint density at radius 2 is 2.11 bits per heavy atom. The van der Waals surface area contributed by atoms with Crippen LogP contribution in [0.4, 0.5) is 5.69 Å². The number of methoxy groups -OCH3 is 1. The zero-order valence-corrected chi connectivity index (χ0v) is 17.4. The molecule has 0 aliphatic heterocycles. The van der Waals surface area contributed by atoms with Crippen LogP contribution in [0.3, 0.4) is 0 Å². The van der Waals surface area contributed by atoms with Crippen LogP contribution in [0.25, 0.3) is 0 Å². The normalized spacial score (nSPS) is 10.8. The predicted molar refractivity (Wildman–Crippen MR) is 110 cm³/mol. The first-order chi connectivity index (χ1) is 13.4. The molecule has 1 aromatic heterocycles. The molecule has 1 heterocycles. The summed E-state index contributed by atoms with van der Waals surface area (Å²) in [7, 11) is 1.36.